The topological polar surface area (TPSA) is 24.8 Å². The minimum absolute atomic E-state index is 0.851. The summed E-state index contributed by atoms with van der Waals surface area (Å²) in [6.45, 7) is 1.12. The molecule has 0 fully saturated rings. The summed E-state index contributed by atoms with van der Waals surface area (Å²) in [5, 5.41) is 4.26. The molecule has 0 aliphatic rings. The number of methoxy groups -OCH3 is 1. The Balaban J connectivity index is 2.68. The fourth-order valence-corrected chi connectivity index (χ4v) is 1.29. The van der Waals surface area contributed by atoms with Crippen LogP contribution < -0.4 is 4.74 Å². The van der Waals surface area contributed by atoms with E-state index < -0.39 is 6.85 Å². The maximum atomic E-state index is 5.15. The third-order valence-corrected chi connectivity index (χ3v) is 3.77. The van der Waals surface area contributed by atoms with E-state index in [0.29, 0.717) is 0 Å². The molecule has 1 aromatic carbocycles. The second-order valence-electron chi connectivity index (χ2n) is 3.06. The molecular formula is C10H15N2OPS. The maximum absolute atomic E-state index is 5.15. The van der Waals surface area contributed by atoms with Gasteiger partial charge in [0.15, 0.2) is 0 Å². The molecule has 5 heteroatoms. The quantitative estimate of drug-likeness (QED) is 0.459. The second-order valence-corrected chi connectivity index (χ2v) is 6.52. The van der Waals surface area contributed by atoms with Crippen LogP contribution in [0.15, 0.2) is 29.4 Å². The van der Waals surface area contributed by atoms with Crippen molar-refractivity contribution in [2.45, 2.75) is 0 Å². The maximum Gasteiger partial charge on any atom is 0.118 e. The zero-order chi connectivity index (χ0) is 11.3. The first-order valence-corrected chi connectivity index (χ1v) is 7.64. The Hall–Kier alpha value is -0.860. The van der Waals surface area contributed by atoms with Crippen molar-refractivity contribution in [2.24, 2.45) is 5.10 Å². The van der Waals surface area contributed by atoms with Crippen molar-refractivity contribution in [1.29, 1.82) is 0 Å². The van der Waals surface area contributed by atoms with E-state index in [9.17, 15) is 0 Å². The highest BCUT2D eigenvalue weighted by molar-refractivity contribution is 8.03. The van der Waals surface area contributed by atoms with Gasteiger partial charge in [-0.15, -0.1) is 0 Å². The molecule has 1 aromatic rings. The molecule has 0 bridgehead atoms. The van der Waals surface area contributed by atoms with E-state index in [1.54, 1.807) is 13.3 Å². The first-order valence-electron chi connectivity index (χ1n) is 4.56. The summed E-state index contributed by atoms with van der Waals surface area (Å²) in [7, 11) is 3.56. The van der Waals surface area contributed by atoms with E-state index >= 15 is 0 Å². The predicted molar refractivity (Wildman–Crippen MR) is 70.0 cm³/mol. The van der Waals surface area contributed by atoms with Gasteiger partial charge in [0.1, 0.15) is 5.75 Å². The molecule has 0 amide bonds. The van der Waals surface area contributed by atoms with Crippen LogP contribution in [-0.4, -0.2) is 31.8 Å². The largest absolute Gasteiger partial charge is 0.497 e. The summed E-state index contributed by atoms with van der Waals surface area (Å²) in [5.41, 5.74) is 1.04. The van der Waals surface area contributed by atoms with Gasteiger partial charge in [-0.05, 0) is 36.5 Å². The Bertz CT molecular complexity index is 364. The average Bonchev–Trinajstić information content (AvgIpc) is 2.26. The summed E-state index contributed by atoms with van der Waals surface area (Å²) in [5.74, 6) is 0.851. The van der Waals surface area contributed by atoms with Crippen molar-refractivity contribution < 1.29 is 4.74 Å². The number of ether oxygens (including phenoxy) is 1. The smallest absolute Gasteiger partial charge is 0.118 e. The molecule has 82 valence electrons. The summed E-state index contributed by atoms with van der Waals surface area (Å²) in [6, 6.07) is 7.74. The van der Waals surface area contributed by atoms with Crippen LogP contribution in [-0.2, 0) is 11.8 Å². The molecule has 1 rings (SSSR count). The first kappa shape index (κ1) is 12.2. The average molecular weight is 242 g/mol. The van der Waals surface area contributed by atoms with Gasteiger partial charge in [-0.25, -0.2) is 0 Å². The number of hydrogen-bond acceptors (Lipinski definition) is 3. The van der Waals surface area contributed by atoms with Crippen molar-refractivity contribution in [3.8, 4) is 5.75 Å². The molecule has 1 unspecified atom stereocenters. The summed E-state index contributed by atoms with van der Waals surface area (Å²) in [4.78, 5) is 0. The van der Waals surface area contributed by atoms with Gasteiger partial charge >= 0.3 is 0 Å². The molecule has 0 heterocycles. The number of hydrazone groups is 1. The monoisotopic (exact) mass is 242 g/mol. The fourth-order valence-electron chi connectivity index (χ4n) is 0.925. The van der Waals surface area contributed by atoms with E-state index in [0.717, 1.165) is 11.3 Å². The Morgan fingerprint density at radius 2 is 2.00 bits per heavy atom. The van der Waals surface area contributed by atoms with Gasteiger partial charge in [0.2, 0.25) is 0 Å². The zero-order valence-corrected chi connectivity index (χ0v) is 10.9. The van der Waals surface area contributed by atoms with E-state index in [1.165, 1.54) is 0 Å². The lowest BCUT2D eigenvalue weighted by Crippen LogP contribution is -1.98. The highest BCUT2D eigenvalue weighted by Crippen LogP contribution is 2.19. The van der Waals surface area contributed by atoms with Crippen molar-refractivity contribution >= 4 is 24.9 Å². The highest BCUT2D eigenvalue weighted by atomic mass is 32.4. The lowest BCUT2D eigenvalue weighted by atomic mass is 10.2. The van der Waals surface area contributed by atoms with Crippen LogP contribution in [0.5, 0.6) is 5.75 Å². The summed E-state index contributed by atoms with van der Waals surface area (Å²) >= 11 is 5.15. The third kappa shape index (κ3) is 4.02. The van der Waals surface area contributed by atoms with Gasteiger partial charge in [-0.1, -0.05) is 11.8 Å². The predicted octanol–water partition coefficient (Wildman–Crippen LogP) is 2.18. The van der Waals surface area contributed by atoms with Gasteiger partial charge in [-0.2, -0.15) is 5.10 Å². The van der Waals surface area contributed by atoms with Crippen molar-refractivity contribution in [2.75, 3.05) is 20.8 Å². The first-order chi connectivity index (χ1) is 7.13. The molecule has 3 nitrogen and oxygen atoms in total. The van der Waals surface area contributed by atoms with E-state index in [1.807, 2.05) is 42.8 Å². The Morgan fingerprint density at radius 1 is 1.40 bits per heavy atom. The third-order valence-electron chi connectivity index (χ3n) is 1.95. The molecule has 1 atom stereocenters. The van der Waals surface area contributed by atoms with Gasteiger partial charge in [-0.3, -0.25) is 4.78 Å². The van der Waals surface area contributed by atoms with Crippen LogP contribution in [0, 0.1) is 0 Å². The Kier molecular flexibility index (Phi) is 4.79. The van der Waals surface area contributed by atoms with Gasteiger partial charge in [0, 0.05) is 13.9 Å². The molecule has 0 spiro atoms. The Labute approximate surface area is 96.2 Å². The minimum Gasteiger partial charge on any atom is -0.497 e. The highest BCUT2D eigenvalue weighted by Gasteiger charge is 1.93. The molecule has 0 aliphatic carbocycles. The molecule has 0 radical (unpaired) electrons. The van der Waals surface area contributed by atoms with Crippen LogP contribution in [0.25, 0.3) is 0 Å². The van der Waals surface area contributed by atoms with Gasteiger partial charge in [0.25, 0.3) is 0 Å². The number of rotatable bonds is 4. The van der Waals surface area contributed by atoms with Gasteiger partial charge in [0.05, 0.1) is 13.3 Å². The molecule has 0 saturated carbocycles. The van der Waals surface area contributed by atoms with E-state index in [-0.39, 0.29) is 0 Å². The normalized spacial score (nSPS) is 12.7. The van der Waals surface area contributed by atoms with Crippen LogP contribution >= 0.6 is 6.85 Å². The molecule has 15 heavy (non-hydrogen) atoms. The number of nitrogens with zero attached hydrogens (tertiary/aromatic N) is 2. The minimum atomic E-state index is -0.900. The van der Waals surface area contributed by atoms with Crippen molar-refractivity contribution in [1.82, 2.24) is 4.78 Å². The van der Waals surface area contributed by atoms with Crippen molar-refractivity contribution in [3.63, 3.8) is 0 Å². The lowest BCUT2D eigenvalue weighted by molar-refractivity contribution is 0.415. The van der Waals surface area contributed by atoms with E-state index in [4.69, 9.17) is 16.5 Å². The lowest BCUT2D eigenvalue weighted by Gasteiger charge is -2.10. The number of hydrogen-bond donors (Lipinski definition) is 0. The van der Waals surface area contributed by atoms with Crippen LogP contribution in [0.1, 0.15) is 5.56 Å². The molecule has 0 saturated heterocycles. The molecule has 0 N–H and O–H groups in total. The fraction of sp³-hybridized carbons (Fsp3) is 0.300. The van der Waals surface area contributed by atoms with Crippen molar-refractivity contribution in [3.05, 3.63) is 29.8 Å². The summed E-state index contributed by atoms with van der Waals surface area (Å²) < 4.78 is 6.90. The number of benzene rings is 1. The van der Waals surface area contributed by atoms with E-state index in [2.05, 4.69) is 5.10 Å². The molecular weight excluding hydrogens is 227 g/mol. The van der Waals surface area contributed by atoms with Crippen LogP contribution in [0.2, 0.25) is 0 Å². The van der Waals surface area contributed by atoms with Crippen LogP contribution in [0.4, 0.5) is 0 Å². The van der Waals surface area contributed by atoms with Crippen LogP contribution in [0.3, 0.4) is 0 Å². The second kappa shape index (κ2) is 5.89. The molecule has 0 aromatic heterocycles. The SMILES string of the molecule is COc1ccc(/C=N/N(C)[PH](C)=S)cc1. The summed E-state index contributed by atoms with van der Waals surface area (Å²) in [6.07, 6.45) is 1.81. The zero-order valence-electron chi connectivity index (χ0n) is 9.10. The Morgan fingerprint density at radius 3 is 2.47 bits per heavy atom. The van der Waals surface area contributed by atoms with Gasteiger partial charge < -0.3 is 4.74 Å². The standard InChI is InChI=1S/C10H15N2OPS/c1-12(14(3)15)11-8-9-4-6-10(13-2)7-5-9/h4-8,14H,1-3H3/b11-8+. The molecule has 0 aliphatic heterocycles.